The molecule has 18 heavy (non-hydrogen) atoms. The van der Waals surface area contributed by atoms with Crippen molar-refractivity contribution in [2.24, 2.45) is 0 Å². The van der Waals surface area contributed by atoms with Gasteiger partial charge >= 0.3 is 5.97 Å². The van der Waals surface area contributed by atoms with Crippen molar-refractivity contribution < 1.29 is 19.4 Å². The predicted octanol–water partition coefficient (Wildman–Crippen LogP) is 1.91. The second-order valence-corrected chi connectivity index (χ2v) is 4.50. The third-order valence-electron chi connectivity index (χ3n) is 3.23. The van der Waals surface area contributed by atoms with E-state index in [2.05, 4.69) is 0 Å². The highest BCUT2D eigenvalue weighted by Gasteiger charge is 2.38. The van der Waals surface area contributed by atoms with Crippen LogP contribution in [0.15, 0.2) is 30.4 Å². The van der Waals surface area contributed by atoms with Crippen LogP contribution in [0.4, 0.5) is 0 Å². The maximum atomic E-state index is 10.6. The van der Waals surface area contributed by atoms with Crippen LogP contribution in [0.25, 0.3) is 0 Å². The molecule has 0 radical (unpaired) electrons. The van der Waals surface area contributed by atoms with E-state index in [1.165, 1.54) is 6.08 Å². The summed E-state index contributed by atoms with van der Waals surface area (Å²) in [4.78, 5) is 10.6. The standard InChI is InChI=1S/C14H16O4/c1-10-7-11(3-4-12(10)17-2)14(8-18-9-14)6-5-13(15)16/h3-7H,8-9H2,1-2H3,(H,15,16)/b6-5+. The zero-order valence-corrected chi connectivity index (χ0v) is 10.5. The number of rotatable bonds is 4. The van der Waals surface area contributed by atoms with Crippen molar-refractivity contribution in [1.82, 2.24) is 0 Å². The van der Waals surface area contributed by atoms with Gasteiger partial charge in [0.2, 0.25) is 0 Å². The molecule has 0 saturated carbocycles. The van der Waals surface area contributed by atoms with E-state index in [1.807, 2.05) is 25.1 Å². The molecule has 1 aromatic rings. The number of aryl methyl sites for hydroxylation is 1. The lowest BCUT2D eigenvalue weighted by Crippen LogP contribution is -2.45. The van der Waals surface area contributed by atoms with Gasteiger partial charge in [-0.3, -0.25) is 0 Å². The number of benzene rings is 1. The lowest BCUT2D eigenvalue weighted by Gasteiger charge is -2.39. The van der Waals surface area contributed by atoms with Gasteiger partial charge < -0.3 is 14.6 Å². The molecule has 1 N–H and O–H groups in total. The lowest BCUT2D eigenvalue weighted by atomic mass is 9.78. The number of aliphatic carboxylic acids is 1. The second-order valence-electron chi connectivity index (χ2n) is 4.50. The van der Waals surface area contributed by atoms with E-state index in [0.29, 0.717) is 13.2 Å². The van der Waals surface area contributed by atoms with E-state index in [1.54, 1.807) is 13.2 Å². The van der Waals surface area contributed by atoms with Crippen LogP contribution >= 0.6 is 0 Å². The fourth-order valence-electron chi connectivity index (χ4n) is 2.10. The van der Waals surface area contributed by atoms with Crippen LogP contribution in [0.3, 0.4) is 0 Å². The Bertz CT molecular complexity index is 487. The maximum Gasteiger partial charge on any atom is 0.328 e. The molecule has 0 bridgehead atoms. The van der Waals surface area contributed by atoms with Gasteiger partial charge in [0.1, 0.15) is 5.75 Å². The van der Waals surface area contributed by atoms with Crippen molar-refractivity contribution in [2.45, 2.75) is 12.3 Å². The molecule has 1 aliphatic rings. The van der Waals surface area contributed by atoms with Gasteiger partial charge in [0.25, 0.3) is 0 Å². The van der Waals surface area contributed by atoms with E-state index in [4.69, 9.17) is 14.6 Å². The van der Waals surface area contributed by atoms with Crippen molar-refractivity contribution in [2.75, 3.05) is 20.3 Å². The van der Waals surface area contributed by atoms with Gasteiger partial charge in [0.15, 0.2) is 0 Å². The fourth-order valence-corrected chi connectivity index (χ4v) is 2.10. The Morgan fingerprint density at radius 2 is 2.22 bits per heavy atom. The zero-order valence-electron chi connectivity index (χ0n) is 10.5. The summed E-state index contributed by atoms with van der Waals surface area (Å²) < 4.78 is 10.5. The highest BCUT2D eigenvalue weighted by atomic mass is 16.5. The molecule has 96 valence electrons. The van der Waals surface area contributed by atoms with Gasteiger partial charge in [-0.25, -0.2) is 4.79 Å². The quantitative estimate of drug-likeness (QED) is 0.827. The summed E-state index contributed by atoms with van der Waals surface area (Å²) in [5.74, 6) is -0.108. The number of hydrogen-bond donors (Lipinski definition) is 1. The maximum absolute atomic E-state index is 10.6. The Morgan fingerprint density at radius 1 is 1.50 bits per heavy atom. The zero-order chi connectivity index (χ0) is 13.2. The molecule has 1 heterocycles. The van der Waals surface area contributed by atoms with Crippen molar-refractivity contribution in [3.05, 3.63) is 41.5 Å². The van der Waals surface area contributed by atoms with Crippen molar-refractivity contribution in [3.63, 3.8) is 0 Å². The summed E-state index contributed by atoms with van der Waals surface area (Å²) in [6, 6.07) is 5.88. The largest absolute Gasteiger partial charge is 0.496 e. The van der Waals surface area contributed by atoms with Gasteiger partial charge in [-0.15, -0.1) is 0 Å². The van der Waals surface area contributed by atoms with Gasteiger partial charge in [0.05, 0.1) is 25.7 Å². The van der Waals surface area contributed by atoms with E-state index in [0.717, 1.165) is 16.9 Å². The first-order valence-electron chi connectivity index (χ1n) is 5.72. The number of carbonyl (C=O) groups is 1. The number of ether oxygens (including phenoxy) is 2. The molecule has 1 fully saturated rings. The minimum atomic E-state index is -0.938. The minimum Gasteiger partial charge on any atom is -0.496 e. The monoisotopic (exact) mass is 248 g/mol. The summed E-state index contributed by atoms with van der Waals surface area (Å²) in [6.45, 7) is 3.00. The average Bonchev–Trinajstić information content (AvgIpc) is 2.27. The molecule has 0 aromatic heterocycles. The molecule has 4 nitrogen and oxygen atoms in total. The highest BCUT2D eigenvalue weighted by molar-refractivity contribution is 5.80. The molecule has 0 spiro atoms. The molecule has 1 aromatic carbocycles. The third-order valence-corrected chi connectivity index (χ3v) is 3.23. The summed E-state index contributed by atoms with van der Waals surface area (Å²) in [7, 11) is 1.63. The first-order valence-corrected chi connectivity index (χ1v) is 5.72. The number of hydrogen-bond acceptors (Lipinski definition) is 3. The molecule has 0 amide bonds. The number of carboxylic acid groups (broad SMARTS) is 1. The van der Waals surface area contributed by atoms with Crippen LogP contribution in [0.1, 0.15) is 11.1 Å². The van der Waals surface area contributed by atoms with Gasteiger partial charge in [0, 0.05) is 6.08 Å². The SMILES string of the molecule is COc1ccc(C2(/C=C/C(=O)O)COC2)cc1C. The number of methoxy groups -OCH3 is 1. The topological polar surface area (TPSA) is 55.8 Å². The van der Waals surface area contributed by atoms with Crippen LogP contribution in [-0.2, 0) is 14.9 Å². The molecular weight excluding hydrogens is 232 g/mol. The van der Waals surface area contributed by atoms with Gasteiger partial charge in [-0.2, -0.15) is 0 Å². The first kappa shape index (κ1) is 12.6. The normalized spacial score (nSPS) is 17.4. The summed E-state index contributed by atoms with van der Waals surface area (Å²) in [5, 5.41) is 8.73. The molecule has 2 rings (SSSR count). The van der Waals surface area contributed by atoms with Crippen LogP contribution in [0.5, 0.6) is 5.75 Å². The van der Waals surface area contributed by atoms with E-state index in [9.17, 15) is 4.79 Å². The smallest absolute Gasteiger partial charge is 0.328 e. The number of carboxylic acids is 1. The molecule has 0 atom stereocenters. The van der Waals surface area contributed by atoms with Crippen LogP contribution in [0.2, 0.25) is 0 Å². The molecule has 1 aliphatic heterocycles. The molecule has 1 saturated heterocycles. The molecular formula is C14H16O4. The summed E-state index contributed by atoms with van der Waals surface area (Å²) >= 11 is 0. The second kappa shape index (κ2) is 4.82. The molecule has 0 aliphatic carbocycles. The van der Waals surface area contributed by atoms with E-state index in [-0.39, 0.29) is 5.41 Å². The molecule has 4 heteroatoms. The van der Waals surface area contributed by atoms with Crippen LogP contribution < -0.4 is 4.74 Å². The Labute approximate surface area is 106 Å². The Kier molecular flexibility index (Phi) is 3.39. The summed E-state index contributed by atoms with van der Waals surface area (Å²) in [6.07, 6.45) is 2.89. The van der Waals surface area contributed by atoms with Crippen molar-refractivity contribution in [3.8, 4) is 5.75 Å². The predicted molar refractivity (Wildman–Crippen MR) is 67.0 cm³/mol. The Balaban J connectivity index is 2.33. The third kappa shape index (κ3) is 2.24. The van der Waals surface area contributed by atoms with Crippen molar-refractivity contribution >= 4 is 5.97 Å². The molecule has 0 unspecified atom stereocenters. The van der Waals surface area contributed by atoms with Crippen LogP contribution in [-0.4, -0.2) is 31.4 Å². The van der Waals surface area contributed by atoms with Crippen molar-refractivity contribution in [1.29, 1.82) is 0 Å². The van der Waals surface area contributed by atoms with E-state index >= 15 is 0 Å². The summed E-state index contributed by atoms with van der Waals surface area (Å²) in [5.41, 5.74) is 1.78. The Morgan fingerprint density at radius 3 is 2.67 bits per heavy atom. The lowest BCUT2D eigenvalue weighted by molar-refractivity contribution is -0.131. The fraction of sp³-hybridized carbons (Fsp3) is 0.357. The Hall–Kier alpha value is -1.81. The van der Waals surface area contributed by atoms with Gasteiger partial charge in [-0.05, 0) is 24.1 Å². The minimum absolute atomic E-state index is 0.310. The average molecular weight is 248 g/mol. The highest BCUT2D eigenvalue weighted by Crippen LogP contribution is 2.35. The first-order chi connectivity index (χ1) is 8.57. The van der Waals surface area contributed by atoms with E-state index < -0.39 is 5.97 Å². The van der Waals surface area contributed by atoms with Gasteiger partial charge in [-0.1, -0.05) is 18.2 Å². The van der Waals surface area contributed by atoms with Crippen LogP contribution in [0, 0.1) is 6.92 Å².